The first kappa shape index (κ1) is 24.7. The minimum Gasteiger partial charge on any atom is -0.475 e. The molecule has 11 heteroatoms. The molecule has 0 fully saturated rings. The number of alkyl halides is 3. The Hall–Kier alpha value is -3.60. The van der Waals surface area contributed by atoms with Gasteiger partial charge in [0.25, 0.3) is 5.91 Å². The molecule has 1 amide bonds. The van der Waals surface area contributed by atoms with E-state index in [2.05, 4.69) is 17.2 Å². The summed E-state index contributed by atoms with van der Waals surface area (Å²) >= 11 is 0. The second-order valence-electron chi connectivity index (χ2n) is 7.04. The molecular weight excluding hydrogens is 432 g/mol. The van der Waals surface area contributed by atoms with Crippen molar-refractivity contribution in [2.45, 2.75) is 6.18 Å². The maximum Gasteiger partial charge on any atom is 0.490 e. The summed E-state index contributed by atoms with van der Waals surface area (Å²) < 4.78 is 46.3. The number of hydrogen-bond acceptors (Lipinski definition) is 5. The number of nitrogens with zero attached hydrogens (tertiary/aromatic N) is 1. The average Bonchev–Trinajstić information content (AvgIpc) is 3.01. The first-order valence-corrected chi connectivity index (χ1v) is 9.26. The number of nitrogens with two attached hydrogens (primary N) is 1. The maximum atomic E-state index is 14.6. The third-order valence-electron chi connectivity index (χ3n) is 4.43. The Morgan fingerprint density at radius 1 is 1.31 bits per heavy atom. The van der Waals surface area contributed by atoms with Crippen LogP contribution in [0.4, 0.5) is 28.9 Å². The number of likely N-dealkylation sites (N-methyl/N-ethyl adjacent to an activating group) is 1. The predicted octanol–water partition coefficient (Wildman–Crippen LogP) is 3.64. The topological polar surface area (TPSA) is 108 Å². The number of carboxylic acid groups (broad SMARTS) is 1. The molecule has 1 heterocycles. The number of anilines is 2. The Bertz CT molecular complexity index is 1090. The van der Waals surface area contributed by atoms with Crippen LogP contribution in [0.5, 0.6) is 0 Å². The Balaban J connectivity index is 0.000000451. The van der Waals surface area contributed by atoms with E-state index < -0.39 is 12.1 Å². The zero-order valence-electron chi connectivity index (χ0n) is 17.3. The zero-order valence-corrected chi connectivity index (χ0v) is 17.3. The number of carboxylic acids is 1. The predicted molar refractivity (Wildman–Crippen MR) is 115 cm³/mol. The van der Waals surface area contributed by atoms with E-state index in [4.69, 9.17) is 15.6 Å². The van der Waals surface area contributed by atoms with Crippen LogP contribution in [0.1, 0.15) is 15.9 Å². The lowest BCUT2D eigenvalue weighted by atomic mass is 9.95. The molecular formula is C21H22F4N4O3. The van der Waals surface area contributed by atoms with Crippen molar-refractivity contribution < 1.29 is 32.3 Å². The van der Waals surface area contributed by atoms with Crippen LogP contribution >= 0.6 is 0 Å². The van der Waals surface area contributed by atoms with Gasteiger partial charge in [-0.1, -0.05) is 12.7 Å². The fraction of sp³-hybridized carbons (Fsp3) is 0.238. The Labute approximate surface area is 181 Å². The summed E-state index contributed by atoms with van der Waals surface area (Å²) in [5.41, 5.74) is 8.72. The molecule has 2 aromatic carbocycles. The van der Waals surface area contributed by atoms with Gasteiger partial charge < -0.3 is 26.4 Å². The monoisotopic (exact) mass is 454 g/mol. The van der Waals surface area contributed by atoms with Gasteiger partial charge in [0.1, 0.15) is 5.82 Å². The molecule has 0 bridgehead atoms. The summed E-state index contributed by atoms with van der Waals surface area (Å²) in [6.07, 6.45) is -1.89. The van der Waals surface area contributed by atoms with Crippen LogP contribution < -0.4 is 16.4 Å². The second kappa shape index (κ2) is 9.69. The zero-order chi connectivity index (χ0) is 24.2. The number of halogens is 4. The second-order valence-corrected chi connectivity index (χ2v) is 7.04. The molecule has 0 atom stereocenters. The summed E-state index contributed by atoms with van der Waals surface area (Å²) in [6, 6.07) is 4.68. The average molecular weight is 454 g/mol. The van der Waals surface area contributed by atoms with Crippen LogP contribution in [-0.2, 0) is 4.79 Å². The van der Waals surface area contributed by atoms with Crippen LogP contribution in [0.15, 0.2) is 36.9 Å². The van der Waals surface area contributed by atoms with Crippen molar-refractivity contribution in [1.82, 2.24) is 4.90 Å². The fourth-order valence-electron chi connectivity index (χ4n) is 3.05. The van der Waals surface area contributed by atoms with Crippen LogP contribution in [0.3, 0.4) is 0 Å². The molecule has 0 saturated heterocycles. The van der Waals surface area contributed by atoms with Gasteiger partial charge in [0.2, 0.25) is 0 Å². The van der Waals surface area contributed by atoms with Gasteiger partial charge >= 0.3 is 12.1 Å². The van der Waals surface area contributed by atoms with Gasteiger partial charge in [0.15, 0.2) is 0 Å². The Morgan fingerprint density at radius 2 is 1.94 bits per heavy atom. The molecule has 0 saturated carbocycles. The highest BCUT2D eigenvalue weighted by Gasteiger charge is 2.38. The number of benzene rings is 2. The summed E-state index contributed by atoms with van der Waals surface area (Å²) in [6.45, 7) is 5.07. The molecule has 0 spiro atoms. The normalized spacial score (nSPS) is 13.0. The van der Waals surface area contributed by atoms with E-state index in [0.29, 0.717) is 45.5 Å². The van der Waals surface area contributed by atoms with Crippen molar-refractivity contribution in [2.24, 2.45) is 5.73 Å². The maximum absolute atomic E-state index is 14.6. The van der Waals surface area contributed by atoms with E-state index in [1.807, 2.05) is 19.0 Å². The number of nitrogens with one attached hydrogen (secondary N) is 2. The molecule has 5 N–H and O–H groups in total. The van der Waals surface area contributed by atoms with Crippen molar-refractivity contribution >= 4 is 39.7 Å². The van der Waals surface area contributed by atoms with Gasteiger partial charge in [0.05, 0.1) is 5.56 Å². The lowest BCUT2D eigenvalue weighted by molar-refractivity contribution is -0.192. The molecule has 2 aromatic rings. The van der Waals surface area contributed by atoms with E-state index in [1.54, 1.807) is 24.3 Å². The molecule has 172 valence electrons. The van der Waals surface area contributed by atoms with Gasteiger partial charge in [-0.2, -0.15) is 13.2 Å². The molecule has 32 heavy (non-hydrogen) atoms. The lowest BCUT2D eigenvalue weighted by Crippen LogP contribution is -2.21. The van der Waals surface area contributed by atoms with Crippen molar-refractivity contribution in [3.8, 4) is 0 Å². The summed E-state index contributed by atoms with van der Waals surface area (Å²) in [5.74, 6) is -3.41. The molecule has 0 aromatic heterocycles. The third-order valence-corrected chi connectivity index (χ3v) is 4.43. The molecule has 0 aliphatic carbocycles. The minimum absolute atomic E-state index is 0.277. The highest BCUT2D eigenvalue weighted by molar-refractivity contribution is 6.27. The molecule has 1 aliphatic rings. The largest absolute Gasteiger partial charge is 0.490 e. The van der Waals surface area contributed by atoms with E-state index >= 15 is 0 Å². The molecule has 3 rings (SSSR count). The van der Waals surface area contributed by atoms with Crippen molar-refractivity contribution in [2.75, 3.05) is 37.8 Å². The van der Waals surface area contributed by atoms with Crippen molar-refractivity contribution in [3.63, 3.8) is 0 Å². The Kier molecular flexibility index (Phi) is 7.47. The fourth-order valence-corrected chi connectivity index (χ4v) is 3.05. The van der Waals surface area contributed by atoms with Crippen molar-refractivity contribution in [1.29, 1.82) is 0 Å². The number of carbonyl (C=O) groups excluding carboxylic acids is 1. The van der Waals surface area contributed by atoms with Gasteiger partial charge in [-0.3, -0.25) is 4.79 Å². The summed E-state index contributed by atoms with van der Waals surface area (Å²) in [5, 5.41) is 14.1. The molecule has 1 aliphatic heterocycles. The number of carbonyl (C=O) groups is 2. The van der Waals surface area contributed by atoms with E-state index in [9.17, 15) is 22.4 Å². The van der Waals surface area contributed by atoms with Gasteiger partial charge in [-0.25, -0.2) is 9.18 Å². The van der Waals surface area contributed by atoms with Crippen LogP contribution in [0.2, 0.25) is 0 Å². The number of rotatable bonds is 6. The molecule has 7 nitrogen and oxygen atoms in total. The standard InChI is InChI=1S/C19H21FN4O.C2HF3O2/c1-4-5-13(21)11-10-15(22-8-9-24(2)3)17-12(20)6-7-14-18(17)16(11)19(25)23-14;3-2(4,5)1(6)7/h4-7,10,22H,1,8-9,21H2,2-3H3,(H,23,25);(H,6,7)/b13-5-;. The third kappa shape index (κ3) is 5.35. The number of allylic oxidation sites excluding steroid dienone is 2. The first-order valence-electron chi connectivity index (χ1n) is 9.26. The smallest absolute Gasteiger partial charge is 0.475 e. The van der Waals surface area contributed by atoms with Gasteiger partial charge in [0, 0.05) is 46.5 Å². The number of aliphatic carboxylic acids is 1. The van der Waals surface area contributed by atoms with Crippen LogP contribution in [-0.4, -0.2) is 55.2 Å². The first-order chi connectivity index (χ1) is 14.9. The van der Waals surface area contributed by atoms with E-state index in [0.717, 1.165) is 6.54 Å². The number of amides is 1. The summed E-state index contributed by atoms with van der Waals surface area (Å²) in [7, 11) is 3.93. The van der Waals surface area contributed by atoms with E-state index in [1.165, 1.54) is 6.07 Å². The number of hydrogen-bond donors (Lipinski definition) is 4. The highest BCUT2D eigenvalue weighted by atomic mass is 19.4. The highest BCUT2D eigenvalue weighted by Crippen LogP contribution is 2.41. The van der Waals surface area contributed by atoms with E-state index in [-0.39, 0.29) is 11.7 Å². The van der Waals surface area contributed by atoms with Crippen LogP contribution in [0, 0.1) is 5.82 Å². The quantitative estimate of drug-likeness (QED) is 0.392. The van der Waals surface area contributed by atoms with Crippen molar-refractivity contribution in [3.05, 3.63) is 53.9 Å². The van der Waals surface area contributed by atoms with Crippen LogP contribution in [0.25, 0.3) is 16.5 Å². The minimum atomic E-state index is -5.08. The molecule has 0 radical (unpaired) electrons. The van der Waals surface area contributed by atoms with Gasteiger partial charge in [-0.15, -0.1) is 0 Å². The Morgan fingerprint density at radius 3 is 2.47 bits per heavy atom. The lowest BCUT2D eigenvalue weighted by Gasteiger charge is -2.16. The SMILES string of the molecule is C=C/C=C(\N)c1cc(NCCN(C)C)c2c(F)ccc3c2c1C(=O)N3.O=C(O)C(F)(F)F. The van der Waals surface area contributed by atoms with Gasteiger partial charge in [-0.05, 0) is 38.4 Å². The summed E-state index contributed by atoms with van der Waals surface area (Å²) in [4.78, 5) is 23.4. The molecule has 0 unspecified atom stereocenters.